The predicted molar refractivity (Wildman–Crippen MR) is 58.5 cm³/mol. The fourth-order valence-electron chi connectivity index (χ4n) is 1.21. The van der Waals surface area contributed by atoms with Crippen molar-refractivity contribution in [3.63, 3.8) is 0 Å². The van der Waals surface area contributed by atoms with Crippen LogP contribution in [-0.4, -0.2) is 11.5 Å². The summed E-state index contributed by atoms with van der Waals surface area (Å²) >= 11 is 1.30. The van der Waals surface area contributed by atoms with Crippen molar-refractivity contribution in [3.8, 4) is 17.0 Å². The number of nitrogens with zero attached hydrogens (tertiary/aromatic N) is 1. The van der Waals surface area contributed by atoms with E-state index in [9.17, 15) is 0 Å². The number of aromatic nitrogens is 1. The Labute approximate surface area is 86.3 Å². The van der Waals surface area contributed by atoms with E-state index in [1.165, 1.54) is 11.5 Å². The summed E-state index contributed by atoms with van der Waals surface area (Å²) in [5.41, 5.74) is 7.53. The van der Waals surface area contributed by atoms with Gasteiger partial charge in [-0.25, -0.2) is 0 Å². The van der Waals surface area contributed by atoms with Crippen LogP contribution in [0.4, 0.5) is 5.00 Å². The van der Waals surface area contributed by atoms with Crippen LogP contribution in [-0.2, 0) is 0 Å². The number of rotatable bonds is 2. The van der Waals surface area contributed by atoms with E-state index in [0.29, 0.717) is 0 Å². The Hall–Kier alpha value is -1.55. The van der Waals surface area contributed by atoms with E-state index in [0.717, 1.165) is 22.0 Å². The standard InChI is InChI=1S/C10H10N2OS/c1-13-8-4-2-3-7(5-8)9-6-10(11)14-12-9/h2-6H,11H2,1H3. The molecule has 0 atom stereocenters. The molecule has 14 heavy (non-hydrogen) atoms. The molecular formula is C10H10N2OS. The molecule has 0 saturated heterocycles. The maximum absolute atomic E-state index is 5.61. The number of nitrogen functional groups attached to an aromatic ring is 1. The number of nitrogens with two attached hydrogens (primary N) is 1. The first kappa shape index (κ1) is 9.02. The van der Waals surface area contributed by atoms with Crippen molar-refractivity contribution in [3.05, 3.63) is 30.3 Å². The van der Waals surface area contributed by atoms with E-state index in [1.54, 1.807) is 7.11 Å². The highest BCUT2D eigenvalue weighted by Gasteiger charge is 2.03. The molecule has 0 aliphatic heterocycles. The van der Waals surface area contributed by atoms with Gasteiger partial charge in [0.1, 0.15) is 10.8 Å². The van der Waals surface area contributed by atoms with E-state index in [-0.39, 0.29) is 0 Å². The van der Waals surface area contributed by atoms with E-state index in [4.69, 9.17) is 10.5 Å². The molecule has 0 bridgehead atoms. The molecule has 0 aliphatic rings. The van der Waals surface area contributed by atoms with Gasteiger partial charge in [0.2, 0.25) is 0 Å². The Bertz CT molecular complexity index is 439. The molecule has 2 N–H and O–H groups in total. The van der Waals surface area contributed by atoms with Gasteiger partial charge >= 0.3 is 0 Å². The lowest BCUT2D eigenvalue weighted by Gasteiger charge is -2.00. The van der Waals surface area contributed by atoms with Crippen molar-refractivity contribution < 1.29 is 4.74 Å². The van der Waals surface area contributed by atoms with Crippen molar-refractivity contribution in [2.45, 2.75) is 0 Å². The summed E-state index contributed by atoms with van der Waals surface area (Å²) in [6.45, 7) is 0. The van der Waals surface area contributed by atoms with Crippen molar-refractivity contribution in [2.75, 3.05) is 12.8 Å². The maximum atomic E-state index is 5.61. The predicted octanol–water partition coefficient (Wildman–Crippen LogP) is 2.40. The second kappa shape index (κ2) is 3.67. The normalized spacial score (nSPS) is 10.1. The molecule has 0 radical (unpaired) electrons. The summed E-state index contributed by atoms with van der Waals surface area (Å²) in [4.78, 5) is 0. The molecule has 0 unspecified atom stereocenters. The zero-order valence-electron chi connectivity index (χ0n) is 7.73. The zero-order valence-corrected chi connectivity index (χ0v) is 8.54. The van der Waals surface area contributed by atoms with Gasteiger partial charge in [0.15, 0.2) is 0 Å². The number of methoxy groups -OCH3 is 1. The van der Waals surface area contributed by atoms with E-state index in [2.05, 4.69) is 4.37 Å². The van der Waals surface area contributed by atoms with Crippen LogP contribution >= 0.6 is 11.5 Å². The molecule has 4 heteroatoms. The molecule has 0 amide bonds. The Morgan fingerprint density at radius 3 is 2.86 bits per heavy atom. The molecule has 2 rings (SSSR count). The largest absolute Gasteiger partial charge is 0.497 e. The molecule has 0 fully saturated rings. The van der Waals surface area contributed by atoms with Gasteiger partial charge in [-0.15, -0.1) is 0 Å². The van der Waals surface area contributed by atoms with Gasteiger partial charge in [-0.3, -0.25) is 0 Å². The quantitative estimate of drug-likeness (QED) is 0.820. The van der Waals surface area contributed by atoms with Gasteiger partial charge in [-0.1, -0.05) is 12.1 Å². The molecule has 3 nitrogen and oxygen atoms in total. The van der Waals surface area contributed by atoms with Gasteiger partial charge < -0.3 is 10.5 Å². The van der Waals surface area contributed by atoms with Crippen molar-refractivity contribution in [1.82, 2.24) is 4.37 Å². The van der Waals surface area contributed by atoms with Crippen LogP contribution in [0.2, 0.25) is 0 Å². The first-order valence-corrected chi connectivity index (χ1v) is 4.93. The van der Waals surface area contributed by atoms with Crippen LogP contribution in [0.25, 0.3) is 11.3 Å². The summed E-state index contributed by atoms with van der Waals surface area (Å²) < 4.78 is 9.35. The van der Waals surface area contributed by atoms with Gasteiger partial charge in [0.25, 0.3) is 0 Å². The molecular weight excluding hydrogens is 196 g/mol. The van der Waals surface area contributed by atoms with Crippen LogP contribution in [0.15, 0.2) is 30.3 Å². The summed E-state index contributed by atoms with van der Waals surface area (Å²) in [7, 11) is 1.65. The summed E-state index contributed by atoms with van der Waals surface area (Å²) in [5.74, 6) is 0.828. The monoisotopic (exact) mass is 206 g/mol. The van der Waals surface area contributed by atoms with E-state index >= 15 is 0 Å². The molecule has 1 aromatic carbocycles. The topological polar surface area (TPSA) is 48.1 Å². The van der Waals surface area contributed by atoms with Crippen molar-refractivity contribution in [1.29, 1.82) is 0 Å². The number of benzene rings is 1. The van der Waals surface area contributed by atoms with Gasteiger partial charge in [-0.05, 0) is 23.7 Å². The highest BCUT2D eigenvalue weighted by Crippen LogP contribution is 2.25. The highest BCUT2D eigenvalue weighted by molar-refractivity contribution is 7.10. The number of hydrogen-bond acceptors (Lipinski definition) is 4. The molecule has 0 aliphatic carbocycles. The lowest BCUT2D eigenvalue weighted by molar-refractivity contribution is 0.415. The second-order valence-electron chi connectivity index (χ2n) is 2.85. The third-order valence-corrected chi connectivity index (χ3v) is 2.51. The Morgan fingerprint density at radius 2 is 2.21 bits per heavy atom. The molecule has 1 aromatic heterocycles. The fraction of sp³-hybridized carbons (Fsp3) is 0.100. The zero-order chi connectivity index (χ0) is 9.97. The molecule has 0 spiro atoms. The van der Waals surface area contributed by atoms with Gasteiger partial charge in [-0.2, -0.15) is 4.37 Å². The Morgan fingerprint density at radius 1 is 1.36 bits per heavy atom. The van der Waals surface area contributed by atoms with Crippen LogP contribution in [0.5, 0.6) is 5.75 Å². The number of anilines is 1. The SMILES string of the molecule is COc1cccc(-c2cc(N)sn2)c1. The van der Waals surface area contributed by atoms with Crippen LogP contribution in [0, 0.1) is 0 Å². The average Bonchev–Trinajstić information content (AvgIpc) is 2.65. The summed E-state index contributed by atoms with van der Waals surface area (Å²) in [5, 5.41) is 0.725. The first-order valence-electron chi connectivity index (χ1n) is 4.16. The highest BCUT2D eigenvalue weighted by atomic mass is 32.1. The number of ether oxygens (including phenoxy) is 1. The smallest absolute Gasteiger partial charge is 0.119 e. The third-order valence-electron chi connectivity index (χ3n) is 1.89. The lowest BCUT2D eigenvalue weighted by Crippen LogP contribution is -1.83. The third kappa shape index (κ3) is 1.70. The minimum atomic E-state index is 0.725. The molecule has 0 saturated carbocycles. The second-order valence-corrected chi connectivity index (χ2v) is 3.68. The minimum absolute atomic E-state index is 0.725. The minimum Gasteiger partial charge on any atom is -0.497 e. The van der Waals surface area contributed by atoms with Crippen LogP contribution < -0.4 is 10.5 Å². The fourth-order valence-corrected chi connectivity index (χ4v) is 1.73. The summed E-state index contributed by atoms with van der Waals surface area (Å²) in [6.07, 6.45) is 0. The lowest BCUT2D eigenvalue weighted by atomic mass is 10.1. The first-order chi connectivity index (χ1) is 6.79. The Balaban J connectivity index is 2.41. The van der Waals surface area contributed by atoms with Crippen molar-refractivity contribution >= 4 is 16.5 Å². The molecule has 72 valence electrons. The van der Waals surface area contributed by atoms with E-state index < -0.39 is 0 Å². The molecule has 2 aromatic rings. The average molecular weight is 206 g/mol. The van der Waals surface area contributed by atoms with Crippen molar-refractivity contribution in [2.24, 2.45) is 0 Å². The van der Waals surface area contributed by atoms with E-state index in [1.807, 2.05) is 30.3 Å². The Kier molecular flexibility index (Phi) is 2.37. The summed E-state index contributed by atoms with van der Waals surface area (Å²) in [6, 6.07) is 9.62. The van der Waals surface area contributed by atoms with Gasteiger partial charge in [0, 0.05) is 11.6 Å². The number of hydrogen-bond donors (Lipinski definition) is 1. The van der Waals surface area contributed by atoms with Gasteiger partial charge in [0.05, 0.1) is 12.8 Å². The van der Waals surface area contributed by atoms with Crippen LogP contribution in [0.3, 0.4) is 0 Å². The van der Waals surface area contributed by atoms with Crippen LogP contribution in [0.1, 0.15) is 0 Å². The maximum Gasteiger partial charge on any atom is 0.119 e. The molecule has 1 heterocycles.